The molecule has 24 heavy (non-hydrogen) atoms. The highest BCUT2D eigenvalue weighted by Gasteiger charge is 2.17. The lowest BCUT2D eigenvalue weighted by Gasteiger charge is -2.33. The first-order valence-corrected chi connectivity index (χ1v) is 8.49. The highest BCUT2D eigenvalue weighted by Crippen LogP contribution is 2.26. The Morgan fingerprint density at radius 3 is 2.75 bits per heavy atom. The molecule has 2 aromatic heterocycles. The van der Waals surface area contributed by atoms with E-state index in [1.165, 1.54) is 18.1 Å². The van der Waals surface area contributed by atoms with Crippen LogP contribution in [0.25, 0.3) is 16.7 Å². The Balaban J connectivity index is 1.73. The van der Waals surface area contributed by atoms with Crippen molar-refractivity contribution in [1.29, 1.82) is 0 Å². The fourth-order valence-corrected chi connectivity index (χ4v) is 3.12. The van der Waals surface area contributed by atoms with E-state index in [1.54, 1.807) is 4.68 Å². The van der Waals surface area contributed by atoms with Crippen LogP contribution in [0.2, 0.25) is 0 Å². The van der Waals surface area contributed by atoms with Crippen molar-refractivity contribution in [2.75, 3.05) is 18.0 Å². The zero-order chi connectivity index (χ0) is 16.7. The van der Waals surface area contributed by atoms with E-state index < -0.39 is 0 Å². The number of aromatic nitrogens is 3. The molecule has 0 saturated carbocycles. The van der Waals surface area contributed by atoms with Crippen molar-refractivity contribution in [2.24, 2.45) is 5.92 Å². The van der Waals surface area contributed by atoms with Crippen LogP contribution in [0.5, 0.6) is 0 Å². The number of anilines is 1. The predicted molar refractivity (Wildman–Crippen MR) is 94.2 cm³/mol. The summed E-state index contributed by atoms with van der Waals surface area (Å²) < 4.78 is 15.9. The molecule has 1 aliphatic heterocycles. The minimum atomic E-state index is -0.269. The van der Waals surface area contributed by atoms with Gasteiger partial charge in [0.2, 0.25) is 0 Å². The van der Waals surface area contributed by atoms with Crippen LogP contribution >= 0.6 is 0 Å². The van der Waals surface area contributed by atoms with E-state index in [0.29, 0.717) is 17.3 Å². The lowest BCUT2D eigenvalue weighted by molar-refractivity contribution is 0.601. The van der Waals surface area contributed by atoms with Crippen molar-refractivity contribution in [1.82, 2.24) is 14.8 Å². The van der Waals surface area contributed by atoms with Gasteiger partial charge in [0.05, 0.1) is 0 Å². The molecule has 3 aromatic rings. The summed E-state index contributed by atoms with van der Waals surface area (Å²) >= 11 is 0. The van der Waals surface area contributed by atoms with E-state index in [0.717, 1.165) is 30.6 Å². The largest absolute Gasteiger partial charge is 0.371 e. The monoisotopic (exact) mass is 324 g/mol. The maximum absolute atomic E-state index is 14.3. The molecule has 0 radical (unpaired) electrons. The third-order valence-corrected chi connectivity index (χ3v) is 4.46. The van der Waals surface area contributed by atoms with Crippen LogP contribution in [0.15, 0.2) is 36.7 Å². The number of benzene rings is 1. The summed E-state index contributed by atoms with van der Waals surface area (Å²) in [5.74, 6) is 0.305. The molecule has 0 N–H and O–H groups in total. The molecule has 1 aromatic carbocycles. The second-order valence-corrected chi connectivity index (χ2v) is 6.90. The van der Waals surface area contributed by atoms with Gasteiger partial charge in [-0.05, 0) is 48.6 Å². The Labute approximate surface area is 140 Å². The number of halogens is 1. The first-order chi connectivity index (χ1) is 11.6. The zero-order valence-corrected chi connectivity index (χ0v) is 14.0. The van der Waals surface area contributed by atoms with Crippen molar-refractivity contribution >= 4 is 16.7 Å². The fraction of sp³-hybridized carbons (Fsp3) is 0.368. The topological polar surface area (TPSA) is 34.0 Å². The van der Waals surface area contributed by atoms with E-state index >= 15 is 0 Å². The van der Waals surface area contributed by atoms with Crippen LogP contribution < -0.4 is 4.90 Å². The van der Waals surface area contributed by atoms with Gasteiger partial charge < -0.3 is 4.90 Å². The van der Waals surface area contributed by atoms with Crippen molar-refractivity contribution in [3.05, 3.63) is 48.0 Å². The summed E-state index contributed by atoms with van der Waals surface area (Å²) in [5, 5.41) is 5.40. The fourth-order valence-electron chi connectivity index (χ4n) is 3.12. The molecule has 4 nitrogen and oxygen atoms in total. The second-order valence-electron chi connectivity index (χ2n) is 6.90. The molecule has 1 fully saturated rings. The van der Waals surface area contributed by atoms with Crippen LogP contribution in [0.4, 0.5) is 10.1 Å². The van der Waals surface area contributed by atoms with Gasteiger partial charge in [-0.1, -0.05) is 13.8 Å². The summed E-state index contributed by atoms with van der Waals surface area (Å²) in [6.07, 6.45) is 5.91. The van der Waals surface area contributed by atoms with Crippen molar-refractivity contribution < 1.29 is 4.39 Å². The summed E-state index contributed by atoms with van der Waals surface area (Å²) in [4.78, 5) is 6.67. The summed E-state index contributed by atoms with van der Waals surface area (Å²) in [7, 11) is 0. The van der Waals surface area contributed by atoms with E-state index in [-0.39, 0.29) is 5.82 Å². The molecule has 1 aliphatic rings. The molecule has 0 atom stereocenters. The molecule has 0 amide bonds. The van der Waals surface area contributed by atoms with E-state index in [2.05, 4.69) is 34.9 Å². The van der Waals surface area contributed by atoms with Crippen LogP contribution in [0.1, 0.15) is 25.8 Å². The first-order valence-electron chi connectivity index (χ1n) is 8.49. The zero-order valence-electron chi connectivity index (χ0n) is 14.0. The molecule has 4 rings (SSSR count). The quantitative estimate of drug-likeness (QED) is 0.728. The number of hydrogen-bond acceptors (Lipinski definition) is 3. The average Bonchev–Trinajstić information content (AvgIpc) is 2.89. The van der Waals surface area contributed by atoms with Gasteiger partial charge in [-0.15, -0.1) is 5.10 Å². The van der Waals surface area contributed by atoms with Gasteiger partial charge in [-0.2, -0.15) is 0 Å². The Morgan fingerprint density at radius 2 is 2.04 bits per heavy atom. The highest BCUT2D eigenvalue weighted by atomic mass is 19.1. The third-order valence-electron chi connectivity index (χ3n) is 4.46. The van der Waals surface area contributed by atoms with Crippen LogP contribution in [0.3, 0.4) is 0 Å². The summed E-state index contributed by atoms with van der Waals surface area (Å²) in [6, 6.07) is 7.32. The van der Waals surface area contributed by atoms with Crippen LogP contribution in [-0.4, -0.2) is 27.9 Å². The molecule has 0 bridgehead atoms. The smallest absolute Gasteiger partial charge is 0.181 e. The SMILES string of the molecule is CC(C)Cc1cnc2nn(-c3cc(N4CCC4)ccc3F)cc2c1. The minimum Gasteiger partial charge on any atom is -0.371 e. The lowest BCUT2D eigenvalue weighted by Crippen LogP contribution is -2.37. The molecular formula is C19H21FN4. The third kappa shape index (κ3) is 2.75. The van der Waals surface area contributed by atoms with Gasteiger partial charge >= 0.3 is 0 Å². The van der Waals surface area contributed by atoms with Gasteiger partial charge in [0.1, 0.15) is 11.5 Å². The number of nitrogens with zero attached hydrogens (tertiary/aromatic N) is 4. The molecule has 3 heterocycles. The number of fused-ring (bicyclic) bond motifs is 1. The van der Waals surface area contributed by atoms with Crippen molar-refractivity contribution in [3.8, 4) is 5.69 Å². The Bertz CT molecular complexity index is 880. The molecule has 124 valence electrons. The number of hydrogen-bond donors (Lipinski definition) is 0. The Hall–Kier alpha value is -2.43. The second kappa shape index (κ2) is 5.89. The van der Waals surface area contributed by atoms with Crippen molar-refractivity contribution in [3.63, 3.8) is 0 Å². The minimum absolute atomic E-state index is 0.269. The van der Waals surface area contributed by atoms with Gasteiger partial charge in [0.15, 0.2) is 5.65 Å². The highest BCUT2D eigenvalue weighted by molar-refractivity contribution is 5.75. The van der Waals surface area contributed by atoms with E-state index in [4.69, 9.17) is 0 Å². The van der Waals surface area contributed by atoms with Crippen LogP contribution in [-0.2, 0) is 6.42 Å². The molecular weight excluding hydrogens is 303 g/mol. The van der Waals surface area contributed by atoms with Gasteiger partial charge in [0, 0.05) is 36.6 Å². The maximum atomic E-state index is 14.3. The Morgan fingerprint density at radius 1 is 1.21 bits per heavy atom. The average molecular weight is 324 g/mol. The molecule has 1 saturated heterocycles. The van der Waals surface area contributed by atoms with Gasteiger partial charge in [-0.25, -0.2) is 14.1 Å². The molecule has 0 aliphatic carbocycles. The lowest BCUT2D eigenvalue weighted by atomic mass is 10.0. The van der Waals surface area contributed by atoms with Crippen LogP contribution in [0, 0.1) is 11.7 Å². The summed E-state index contributed by atoms with van der Waals surface area (Å²) in [6.45, 7) is 6.44. The normalized spacial score (nSPS) is 14.4. The predicted octanol–water partition coefficient (Wildman–Crippen LogP) is 3.97. The molecule has 0 unspecified atom stereocenters. The molecule has 5 heteroatoms. The number of rotatable bonds is 4. The van der Waals surface area contributed by atoms with Gasteiger partial charge in [0.25, 0.3) is 0 Å². The Kier molecular flexibility index (Phi) is 3.71. The maximum Gasteiger partial charge on any atom is 0.181 e. The molecule has 0 spiro atoms. The van der Waals surface area contributed by atoms with Gasteiger partial charge in [-0.3, -0.25) is 0 Å². The first kappa shape index (κ1) is 15.1. The number of pyridine rings is 1. The van der Waals surface area contributed by atoms with Crippen molar-refractivity contribution in [2.45, 2.75) is 26.7 Å². The standard InChI is InChI=1S/C19H21FN4/c1-13(2)8-14-9-15-12-24(22-19(15)21-11-14)18-10-16(4-5-17(18)20)23-6-3-7-23/h4-5,9-13H,3,6-8H2,1-2H3. The summed E-state index contributed by atoms with van der Waals surface area (Å²) in [5.41, 5.74) is 3.36. The van der Waals surface area contributed by atoms with E-state index in [9.17, 15) is 4.39 Å². The van der Waals surface area contributed by atoms with E-state index in [1.807, 2.05) is 24.5 Å².